The van der Waals surface area contributed by atoms with Gasteiger partial charge in [0.05, 0.1) is 12.7 Å². The van der Waals surface area contributed by atoms with Gasteiger partial charge in [-0.1, -0.05) is 29.5 Å². The lowest BCUT2D eigenvalue weighted by Crippen LogP contribution is -2.34. The van der Waals surface area contributed by atoms with Crippen molar-refractivity contribution in [2.24, 2.45) is 0 Å². The molecule has 0 aliphatic heterocycles. The second kappa shape index (κ2) is 7.40. The van der Waals surface area contributed by atoms with Gasteiger partial charge in [-0.25, -0.2) is 4.68 Å². The molecule has 0 fully saturated rings. The summed E-state index contributed by atoms with van der Waals surface area (Å²) in [5.74, 6) is -0.186. The number of hydrogen-bond donors (Lipinski definition) is 1. The van der Waals surface area contributed by atoms with E-state index in [0.717, 1.165) is 6.42 Å². The zero-order chi connectivity index (χ0) is 16.9. The quantitative estimate of drug-likeness (QED) is 0.750. The topological polar surface area (TPSA) is 59.8 Å². The summed E-state index contributed by atoms with van der Waals surface area (Å²) in [6.07, 6.45) is 2.51. The zero-order valence-electron chi connectivity index (χ0n) is 13.8. The van der Waals surface area contributed by atoms with Crippen molar-refractivity contribution in [2.75, 3.05) is 0 Å². The molecule has 3 rings (SSSR count). The molecule has 1 atom stereocenters. The summed E-state index contributed by atoms with van der Waals surface area (Å²) < 4.78 is 1.70. The summed E-state index contributed by atoms with van der Waals surface area (Å²) >= 11 is 1.66. The summed E-state index contributed by atoms with van der Waals surface area (Å²) in [5, 5.41) is 15.2. The van der Waals surface area contributed by atoms with Crippen LogP contribution >= 0.6 is 11.3 Å². The van der Waals surface area contributed by atoms with E-state index < -0.39 is 0 Å². The average molecular weight is 340 g/mol. The molecular weight excluding hydrogens is 320 g/mol. The predicted molar refractivity (Wildman–Crippen MR) is 95.3 cm³/mol. The Morgan fingerprint density at radius 2 is 2.17 bits per heavy atom. The Balaban J connectivity index is 1.60. The summed E-state index contributed by atoms with van der Waals surface area (Å²) in [5.41, 5.74) is 3.94. The molecule has 1 N–H and O–H groups in total. The third-order valence-corrected chi connectivity index (χ3v) is 4.60. The van der Waals surface area contributed by atoms with Crippen LogP contribution in [0.3, 0.4) is 0 Å². The molecule has 24 heavy (non-hydrogen) atoms. The maximum atomic E-state index is 12.3. The van der Waals surface area contributed by atoms with E-state index in [-0.39, 0.29) is 11.9 Å². The van der Waals surface area contributed by atoms with Crippen LogP contribution in [0.2, 0.25) is 0 Å². The van der Waals surface area contributed by atoms with Crippen molar-refractivity contribution in [1.29, 1.82) is 0 Å². The van der Waals surface area contributed by atoms with Gasteiger partial charge >= 0.3 is 0 Å². The normalized spacial score (nSPS) is 12.1. The number of carbonyl (C=O) groups is 1. The minimum Gasteiger partial charge on any atom is -0.348 e. The van der Waals surface area contributed by atoms with Crippen molar-refractivity contribution in [3.05, 3.63) is 69.7 Å². The molecule has 3 aromatic rings. The molecule has 2 aromatic heterocycles. The van der Waals surface area contributed by atoms with Crippen LogP contribution < -0.4 is 5.32 Å². The summed E-state index contributed by atoms with van der Waals surface area (Å²) in [7, 11) is 0. The molecule has 0 aliphatic carbocycles. The second-order valence-corrected chi connectivity index (χ2v) is 6.72. The van der Waals surface area contributed by atoms with Gasteiger partial charge in [-0.05, 0) is 53.8 Å². The number of aromatic nitrogens is 3. The fourth-order valence-electron chi connectivity index (χ4n) is 2.55. The van der Waals surface area contributed by atoms with E-state index in [2.05, 4.69) is 46.1 Å². The predicted octanol–water partition coefficient (Wildman–Crippen LogP) is 3.06. The maximum Gasteiger partial charge on any atom is 0.273 e. The number of nitrogens with zero attached hydrogens (tertiary/aromatic N) is 3. The summed E-state index contributed by atoms with van der Waals surface area (Å²) in [6.45, 7) is 4.66. The summed E-state index contributed by atoms with van der Waals surface area (Å²) in [6, 6.07) is 10.2. The third-order valence-electron chi connectivity index (χ3n) is 3.86. The number of aryl methyl sites for hydroxylation is 1. The third kappa shape index (κ3) is 4.08. The second-order valence-electron chi connectivity index (χ2n) is 5.94. The largest absolute Gasteiger partial charge is 0.348 e. The summed E-state index contributed by atoms with van der Waals surface area (Å²) in [4.78, 5) is 12.3. The van der Waals surface area contributed by atoms with Crippen LogP contribution in [0.1, 0.15) is 34.1 Å². The first-order chi connectivity index (χ1) is 11.6. The molecule has 5 nitrogen and oxygen atoms in total. The minimum absolute atomic E-state index is 0.0496. The van der Waals surface area contributed by atoms with E-state index in [0.29, 0.717) is 12.2 Å². The van der Waals surface area contributed by atoms with Crippen LogP contribution in [0.5, 0.6) is 0 Å². The first-order valence-corrected chi connectivity index (χ1v) is 8.82. The molecular formula is C18H20N4OS. The smallest absolute Gasteiger partial charge is 0.273 e. The number of hydrogen-bond acceptors (Lipinski definition) is 4. The first-order valence-electron chi connectivity index (χ1n) is 7.88. The van der Waals surface area contributed by atoms with Crippen molar-refractivity contribution < 1.29 is 4.79 Å². The molecule has 0 spiro atoms. The number of amides is 1. The van der Waals surface area contributed by atoms with Crippen molar-refractivity contribution in [3.8, 4) is 0 Å². The lowest BCUT2D eigenvalue weighted by molar-refractivity contribution is 0.0935. The molecule has 1 amide bonds. The molecule has 2 heterocycles. The molecule has 124 valence electrons. The van der Waals surface area contributed by atoms with Crippen molar-refractivity contribution in [3.63, 3.8) is 0 Å². The Bertz CT molecular complexity index is 810. The highest BCUT2D eigenvalue weighted by molar-refractivity contribution is 7.07. The number of benzene rings is 1. The van der Waals surface area contributed by atoms with E-state index in [9.17, 15) is 4.79 Å². The molecule has 0 radical (unpaired) electrons. The van der Waals surface area contributed by atoms with E-state index in [4.69, 9.17) is 0 Å². The van der Waals surface area contributed by atoms with Crippen LogP contribution in [0.15, 0.2) is 47.3 Å². The highest BCUT2D eigenvalue weighted by Gasteiger charge is 2.14. The number of nitrogens with one attached hydrogen (secondary N) is 1. The van der Waals surface area contributed by atoms with Crippen molar-refractivity contribution in [1.82, 2.24) is 20.3 Å². The van der Waals surface area contributed by atoms with E-state index in [1.807, 2.05) is 24.4 Å². The monoisotopic (exact) mass is 340 g/mol. The standard InChI is InChI=1S/C18H20N4OS/c1-13-5-3-4-6-16(13)10-22-11-17(20-21-22)18(23)19-14(2)9-15-7-8-24-12-15/h3-8,11-12,14H,9-10H2,1-2H3,(H,19,23)/t14-/m0/s1. The molecule has 1 aromatic carbocycles. The SMILES string of the molecule is Cc1ccccc1Cn1cc(C(=O)N[C@@H](C)Cc2ccsc2)nn1. The molecule has 0 saturated heterocycles. The maximum absolute atomic E-state index is 12.3. The average Bonchev–Trinajstić information content (AvgIpc) is 3.21. The number of rotatable bonds is 6. The first kappa shape index (κ1) is 16.4. The fraction of sp³-hybridized carbons (Fsp3) is 0.278. The Kier molecular flexibility index (Phi) is 5.05. The van der Waals surface area contributed by atoms with Crippen LogP contribution in [0, 0.1) is 6.92 Å². The van der Waals surface area contributed by atoms with Gasteiger partial charge in [0.2, 0.25) is 0 Å². The highest BCUT2D eigenvalue weighted by Crippen LogP contribution is 2.10. The Labute approximate surface area is 145 Å². The van der Waals surface area contributed by atoms with Gasteiger partial charge in [-0.15, -0.1) is 5.10 Å². The Morgan fingerprint density at radius 1 is 1.33 bits per heavy atom. The van der Waals surface area contributed by atoms with Gasteiger partial charge in [-0.2, -0.15) is 11.3 Å². The zero-order valence-corrected chi connectivity index (χ0v) is 14.6. The number of carbonyl (C=O) groups excluding carboxylic acids is 1. The van der Waals surface area contributed by atoms with Crippen molar-refractivity contribution >= 4 is 17.2 Å². The Morgan fingerprint density at radius 3 is 2.92 bits per heavy atom. The van der Waals surface area contributed by atoms with Crippen LogP contribution in [-0.4, -0.2) is 26.9 Å². The van der Waals surface area contributed by atoms with E-state index in [1.165, 1.54) is 16.7 Å². The molecule has 0 bridgehead atoms. The minimum atomic E-state index is -0.186. The van der Waals surface area contributed by atoms with Gasteiger partial charge in [-0.3, -0.25) is 4.79 Å². The molecule has 6 heteroatoms. The Hall–Kier alpha value is -2.47. The van der Waals surface area contributed by atoms with Crippen LogP contribution in [0.25, 0.3) is 0 Å². The lowest BCUT2D eigenvalue weighted by Gasteiger charge is -2.11. The van der Waals surface area contributed by atoms with Gasteiger partial charge < -0.3 is 5.32 Å². The van der Waals surface area contributed by atoms with Gasteiger partial charge in [0.25, 0.3) is 5.91 Å². The molecule has 0 unspecified atom stereocenters. The van der Waals surface area contributed by atoms with Gasteiger partial charge in [0.15, 0.2) is 5.69 Å². The van der Waals surface area contributed by atoms with Crippen LogP contribution in [0.4, 0.5) is 0 Å². The van der Waals surface area contributed by atoms with Crippen LogP contribution in [-0.2, 0) is 13.0 Å². The molecule has 0 saturated carbocycles. The van der Waals surface area contributed by atoms with Gasteiger partial charge in [0.1, 0.15) is 0 Å². The fourth-order valence-corrected chi connectivity index (χ4v) is 3.23. The lowest BCUT2D eigenvalue weighted by atomic mass is 10.1. The van der Waals surface area contributed by atoms with E-state index >= 15 is 0 Å². The van der Waals surface area contributed by atoms with Crippen molar-refractivity contribution in [2.45, 2.75) is 32.9 Å². The number of thiophene rings is 1. The molecule has 0 aliphatic rings. The highest BCUT2D eigenvalue weighted by atomic mass is 32.1. The van der Waals surface area contributed by atoms with E-state index in [1.54, 1.807) is 22.2 Å². The van der Waals surface area contributed by atoms with Gasteiger partial charge in [0, 0.05) is 6.04 Å².